The van der Waals surface area contributed by atoms with Gasteiger partial charge >= 0.3 is 5.97 Å². The largest absolute Gasteiger partial charge is 0.478 e. The second-order valence-corrected chi connectivity index (χ2v) is 6.96. The van der Waals surface area contributed by atoms with Gasteiger partial charge in [0.15, 0.2) is 0 Å². The molecule has 0 spiro atoms. The maximum atomic E-state index is 12.3. The van der Waals surface area contributed by atoms with Crippen LogP contribution in [0.5, 0.6) is 0 Å². The Balaban J connectivity index is 2.14. The third-order valence-electron chi connectivity index (χ3n) is 3.54. The van der Waals surface area contributed by atoms with Gasteiger partial charge in [0.1, 0.15) is 0 Å². The van der Waals surface area contributed by atoms with Gasteiger partial charge in [-0.2, -0.15) is 0 Å². The molecule has 0 saturated carbocycles. The molecule has 1 aliphatic rings. The predicted octanol–water partition coefficient (Wildman–Crippen LogP) is 1.40. The molecule has 1 heterocycles. The first-order valence-corrected chi connectivity index (χ1v) is 8.30. The van der Waals surface area contributed by atoms with Gasteiger partial charge in [0, 0.05) is 13.2 Å². The molecule has 1 aliphatic heterocycles. The quantitative estimate of drug-likeness (QED) is 0.857. The van der Waals surface area contributed by atoms with Crippen molar-refractivity contribution < 1.29 is 23.1 Å². The molecule has 0 amide bonds. The van der Waals surface area contributed by atoms with Crippen LogP contribution in [0.2, 0.25) is 0 Å². The lowest BCUT2D eigenvalue weighted by Crippen LogP contribution is -2.33. The SMILES string of the molecule is Cc1ccc(C(=O)O)cc1S(=O)(=O)NCC1CCCOC1. The molecule has 116 valence electrons. The highest BCUT2D eigenvalue weighted by atomic mass is 32.2. The van der Waals surface area contributed by atoms with Crippen molar-refractivity contribution in [3.05, 3.63) is 29.3 Å². The second kappa shape index (κ2) is 6.55. The van der Waals surface area contributed by atoms with Crippen LogP contribution < -0.4 is 4.72 Å². The average molecular weight is 313 g/mol. The van der Waals surface area contributed by atoms with Crippen LogP contribution in [0.15, 0.2) is 23.1 Å². The van der Waals surface area contributed by atoms with Crippen LogP contribution in [-0.2, 0) is 14.8 Å². The van der Waals surface area contributed by atoms with E-state index >= 15 is 0 Å². The van der Waals surface area contributed by atoms with Gasteiger partial charge in [-0.1, -0.05) is 6.07 Å². The number of aromatic carboxylic acids is 1. The van der Waals surface area contributed by atoms with Crippen molar-refractivity contribution in [3.8, 4) is 0 Å². The minimum Gasteiger partial charge on any atom is -0.478 e. The van der Waals surface area contributed by atoms with Crippen molar-refractivity contribution in [1.29, 1.82) is 0 Å². The van der Waals surface area contributed by atoms with Crippen molar-refractivity contribution in [3.63, 3.8) is 0 Å². The Hall–Kier alpha value is -1.44. The Bertz CT molecular complexity index is 620. The first kappa shape index (κ1) is 15.9. The molecule has 1 saturated heterocycles. The van der Waals surface area contributed by atoms with Crippen LogP contribution in [0.25, 0.3) is 0 Å². The molecule has 21 heavy (non-hydrogen) atoms. The van der Waals surface area contributed by atoms with Gasteiger partial charge in [0.2, 0.25) is 10.0 Å². The lowest BCUT2D eigenvalue weighted by Gasteiger charge is -2.22. The van der Waals surface area contributed by atoms with E-state index in [1.165, 1.54) is 18.2 Å². The molecule has 6 nitrogen and oxygen atoms in total. The molecule has 2 rings (SSSR count). The van der Waals surface area contributed by atoms with E-state index in [0.29, 0.717) is 18.7 Å². The standard InChI is InChI=1S/C14H19NO5S/c1-10-4-5-12(14(16)17)7-13(10)21(18,19)15-8-11-3-2-6-20-9-11/h4-5,7,11,15H,2-3,6,8-9H2,1H3,(H,16,17). The topological polar surface area (TPSA) is 92.7 Å². The molecule has 1 aromatic carbocycles. The molecule has 1 unspecified atom stereocenters. The van der Waals surface area contributed by atoms with Crippen LogP contribution in [-0.4, -0.2) is 39.3 Å². The van der Waals surface area contributed by atoms with E-state index in [2.05, 4.69) is 4.72 Å². The number of nitrogens with one attached hydrogen (secondary N) is 1. The summed E-state index contributed by atoms with van der Waals surface area (Å²) in [7, 11) is -3.72. The zero-order valence-electron chi connectivity index (χ0n) is 11.8. The summed E-state index contributed by atoms with van der Waals surface area (Å²) in [6.07, 6.45) is 1.86. The summed E-state index contributed by atoms with van der Waals surface area (Å²) < 4.78 is 32.5. The Kier molecular flexibility index (Phi) is 4.97. The summed E-state index contributed by atoms with van der Waals surface area (Å²) in [4.78, 5) is 11.0. The summed E-state index contributed by atoms with van der Waals surface area (Å²) in [5.41, 5.74) is 0.481. The summed E-state index contributed by atoms with van der Waals surface area (Å²) in [6, 6.07) is 4.09. The lowest BCUT2D eigenvalue weighted by atomic mass is 10.0. The number of hydrogen-bond donors (Lipinski definition) is 2. The highest BCUT2D eigenvalue weighted by molar-refractivity contribution is 7.89. The zero-order valence-corrected chi connectivity index (χ0v) is 12.6. The Morgan fingerprint density at radius 3 is 2.86 bits per heavy atom. The van der Waals surface area contributed by atoms with E-state index in [9.17, 15) is 13.2 Å². The minimum atomic E-state index is -3.72. The number of aryl methyl sites for hydroxylation is 1. The fraction of sp³-hybridized carbons (Fsp3) is 0.500. The highest BCUT2D eigenvalue weighted by Gasteiger charge is 2.21. The number of carboxylic acids is 1. The van der Waals surface area contributed by atoms with Gasteiger partial charge < -0.3 is 9.84 Å². The van der Waals surface area contributed by atoms with Crippen LogP contribution >= 0.6 is 0 Å². The van der Waals surface area contributed by atoms with Gasteiger partial charge in [-0.25, -0.2) is 17.9 Å². The van der Waals surface area contributed by atoms with Gasteiger partial charge in [0.05, 0.1) is 17.1 Å². The fourth-order valence-electron chi connectivity index (χ4n) is 2.30. The van der Waals surface area contributed by atoms with E-state index in [1.54, 1.807) is 6.92 Å². The van der Waals surface area contributed by atoms with Crippen molar-refractivity contribution in [2.45, 2.75) is 24.7 Å². The van der Waals surface area contributed by atoms with E-state index in [4.69, 9.17) is 9.84 Å². The van der Waals surface area contributed by atoms with Crippen molar-refractivity contribution in [1.82, 2.24) is 4.72 Å². The highest BCUT2D eigenvalue weighted by Crippen LogP contribution is 2.18. The molecular formula is C14H19NO5S. The number of benzene rings is 1. The number of ether oxygens (including phenoxy) is 1. The van der Waals surface area contributed by atoms with E-state index in [1.807, 2.05) is 0 Å². The first-order valence-electron chi connectivity index (χ1n) is 6.81. The molecule has 1 atom stereocenters. The fourth-order valence-corrected chi connectivity index (χ4v) is 3.68. The smallest absolute Gasteiger partial charge is 0.335 e. The van der Waals surface area contributed by atoms with Gasteiger partial charge in [0.25, 0.3) is 0 Å². The molecular weight excluding hydrogens is 294 g/mol. The maximum absolute atomic E-state index is 12.3. The maximum Gasteiger partial charge on any atom is 0.335 e. The van der Waals surface area contributed by atoms with Gasteiger partial charge in [-0.15, -0.1) is 0 Å². The van der Waals surface area contributed by atoms with E-state index in [-0.39, 0.29) is 16.4 Å². The van der Waals surface area contributed by atoms with Crippen molar-refractivity contribution in [2.24, 2.45) is 5.92 Å². The zero-order chi connectivity index (χ0) is 15.5. The predicted molar refractivity (Wildman–Crippen MR) is 76.9 cm³/mol. The van der Waals surface area contributed by atoms with Crippen molar-refractivity contribution >= 4 is 16.0 Å². The summed E-state index contributed by atoms with van der Waals surface area (Å²) in [6.45, 7) is 3.22. The summed E-state index contributed by atoms with van der Waals surface area (Å²) in [5.74, 6) is -0.983. The van der Waals surface area contributed by atoms with Crippen LogP contribution in [0.1, 0.15) is 28.8 Å². The normalized spacial score (nSPS) is 19.4. The second-order valence-electron chi connectivity index (χ2n) is 5.22. The first-order chi connectivity index (χ1) is 9.90. The van der Waals surface area contributed by atoms with Crippen LogP contribution in [0.3, 0.4) is 0 Å². The number of carboxylic acid groups (broad SMARTS) is 1. The third-order valence-corrected chi connectivity index (χ3v) is 5.11. The molecule has 2 N–H and O–H groups in total. The monoisotopic (exact) mass is 313 g/mol. The molecule has 0 bridgehead atoms. The van der Waals surface area contributed by atoms with Gasteiger partial charge in [-0.3, -0.25) is 0 Å². The number of rotatable bonds is 5. The number of hydrogen-bond acceptors (Lipinski definition) is 4. The third kappa shape index (κ3) is 4.03. The molecule has 0 aromatic heterocycles. The molecule has 1 fully saturated rings. The van der Waals surface area contributed by atoms with E-state index < -0.39 is 16.0 Å². The lowest BCUT2D eigenvalue weighted by molar-refractivity contribution is 0.0568. The minimum absolute atomic E-state index is 0.0131. The molecule has 1 aromatic rings. The van der Waals surface area contributed by atoms with Crippen molar-refractivity contribution in [2.75, 3.05) is 19.8 Å². The van der Waals surface area contributed by atoms with E-state index in [0.717, 1.165) is 19.4 Å². The Morgan fingerprint density at radius 2 is 2.24 bits per heavy atom. The number of carbonyl (C=O) groups is 1. The van der Waals surface area contributed by atoms with Crippen LogP contribution in [0.4, 0.5) is 0 Å². The molecule has 0 radical (unpaired) electrons. The van der Waals surface area contributed by atoms with Crippen LogP contribution in [0, 0.1) is 12.8 Å². The Labute approximate surface area is 124 Å². The van der Waals surface area contributed by atoms with Gasteiger partial charge in [-0.05, 0) is 43.4 Å². The average Bonchev–Trinajstić information content (AvgIpc) is 2.46. The molecule has 0 aliphatic carbocycles. The number of sulfonamides is 1. The molecule has 7 heteroatoms. The summed E-state index contributed by atoms with van der Waals surface area (Å²) >= 11 is 0. The Morgan fingerprint density at radius 1 is 1.48 bits per heavy atom. The summed E-state index contributed by atoms with van der Waals surface area (Å²) in [5, 5.41) is 8.97.